The number of nitrogens with zero attached hydrogens (tertiary/aromatic N) is 4. The summed E-state index contributed by atoms with van der Waals surface area (Å²) < 4.78 is 6.59. The summed E-state index contributed by atoms with van der Waals surface area (Å²) in [5.41, 5.74) is 14.3. The monoisotopic (exact) mass is 788 g/mol. The van der Waals surface area contributed by atoms with E-state index in [1.54, 1.807) is 0 Å². The standard InChI is InChI=1S/C55H56N4O/c1-51(2,3)39-21-13-33(14-22-39)48-57-49(34-15-23-40(24-16-34)52(4,5)6)59-50(58-48)37-18-26-42-41-25-17-35(30-46(41)60-47(42)31-37)38-20-28-45(56-32-38)36-19-27-43-44(29-36)54(9,10)55(11,12)53(43,7)8/h13-32H,1-12H3. The first-order chi connectivity index (χ1) is 28.2. The van der Waals surface area contributed by atoms with Crippen LogP contribution >= 0.6 is 0 Å². The van der Waals surface area contributed by atoms with E-state index in [0.29, 0.717) is 17.5 Å². The molecule has 0 saturated heterocycles. The van der Waals surface area contributed by atoms with Gasteiger partial charge in [0, 0.05) is 44.8 Å². The smallest absolute Gasteiger partial charge is 0.164 e. The highest BCUT2D eigenvalue weighted by Crippen LogP contribution is 2.61. The summed E-state index contributed by atoms with van der Waals surface area (Å²) in [4.78, 5) is 20.1. The lowest BCUT2D eigenvalue weighted by Gasteiger charge is -2.44. The Morgan fingerprint density at radius 3 is 1.35 bits per heavy atom. The maximum atomic E-state index is 6.59. The van der Waals surface area contributed by atoms with Crippen LogP contribution < -0.4 is 0 Å². The third-order valence-electron chi connectivity index (χ3n) is 14.3. The minimum Gasteiger partial charge on any atom is -0.456 e. The molecular formula is C55H56N4O. The Hall–Kier alpha value is -5.94. The van der Waals surface area contributed by atoms with Gasteiger partial charge in [0.05, 0.1) is 5.69 Å². The summed E-state index contributed by atoms with van der Waals surface area (Å²) in [5.74, 6) is 1.87. The maximum absolute atomic E-state index is 6.59. The van der Waals surface area contributed by atoms with E-state index in [1.165, 1.54) is 22.3 Å². The third kappa shape index (κ3) is 6.45. The highest BCUT2D eigenvalue weighted by atomic mass is 16.3. The van der Waals surface area contributed by atoms with Gasteiger partial charge in [0.25, 0.3) is 0 Å². The van der Waals surface area contributed by atoms with Gasteiger partial charge in [0.1, 0.15) is 11.2 Å². The molecule has 0 spiro atoms. The highest BCUT2D eigenvalue weighted by Gasteiger charge is 2.56. The van der Waals surface area contributed by atoms with Gasteiger partial charge in [-0.1, -0.05) is 162 Å². The van der Waals surface area contributed by atoms with Crippen molar-refractivity contribution in [3.63, 3.8) is 0 Å². The minimum absolute atomic E-state index is 0.0413. The maximum Gasteiger partial charge on any atom is 0.164 e. The SMILES string of the molecule is CC(C)(C)c1ccc(-c2nc(-c3ccc(C(C)(C)C)cc3)nc(-c3ccc4c(c3)oc3cc(-c5ccc(-c6ccc7c(c6)C(C)(C)C(C)(C)C7(C)C)nc5)ccc34)n2)cc1. The van der Waals surface area contributed by atoms with Crippen molar-refractivity contribution in [2.24, 2.45) is 5.41 Å². The first-order valence-electron chi connectivity index (χ1n) is 21.3. The molecule has 0 N–H and O–H groups in total. The Kier molecular flexibility index (Phi) is 8.92. The van der Waals surface area contributed by atoms with Gasteiger partial charge in [-0.15, -0.1) is 0 Å². The van der Waals surface area contributed by atoms with E-state index in [9.17, 15) is 0 Å². The summed E-state index contributed by atoms with van der Waals surface area (Å²) in [6.45, 7) is 27.7. The van der Waals surface area contributed by atoms with Gasteiger partial charge in [0.2, 0.25) is 0 Å². The lowest BCUT2D eigenvalue weighted by atomic mass is 9.59. The normalized spacial score (nSPS) is 15.7. The molecular weight excluding hydrogens is 733 g/mol. The predicted octanol–water partition coefficient (Wildman–Crippen LogP) is 14.7. The molecule has 1 aliphatic rings. The molecule has 0 aliphatic heterocycles. The van der Waals surface area contributed by atoms with Crippen molar-refractivity contribution in [3.8, 4) is 56.5 Å². The van der Waals surface area contributed by atoms with Crippen molar-refractivity contribution < 1.29 is 4.42 Å². The van der Waals surface area contributed by atoms with Crippen molar-refractivity contribution in [2.75, 3.05) is 0 Å². The van der Waals surface area contributed by atoms with Crippen LogP contribution in [0.25, 0.3) is 78.5 Å². The van der Waals surface area contributed by atoms with Crippen LogP contribution in [0, 0.1) is 5.41 Å². The van der Waals surface area contributed by atoms with Crippen molar-refractivity contribution in [1.82, 2.24) is 19.9 Å². The average Bonchev–Trinajstić information content (AvgIpc) is 3.64. The minimum atomic E-state index is 0.0413. The second-order valence-electron chi connectivity index (χ2n) is 20.6. The molecule has 0 fully saturated rings. The summed E-state index contributed by atoms with van der Waals surface area (Å²) in [6, 6.07) is 41.1. The Labute approximate surface area is 355 Å². The van der Waals surface area contributed by atoms with Crippen LogP contribution in [0.3, 0.4) is 0 Å². The highest BCUT2D eigenvalue weighted by molar-refractivity contribution is 6.06. The second-order valence-corrected chi connectivity index (χ2v) is 20.6. The van der Waals surface area contributed by atoms with Crippen molar-refractivity contribution >= 4 is 21.9 Å². The van der Waals surface area contributed by atoms with Crippen LogP contribution in [0.5, 0.6) is 0 Å². The van der Waals surface area contributed by atoms with Crippen molar-refractivity contribution in [1.29, 1.82) is 0 Å². The van der Waals surface area contributed by atoms with Gasteiger partial charge in [-0.05, 0) is 91.3 Å². The van der Waals surface area contributed by atoms with Gasteiger partial charge < -0.3 is 4.42 Å². The zero-order chi connectivity index (χ0) is 42.6. The first kappa shape index (κ1) is 39.5. The Bertz CT molecular complexity index is 2860. The lowest BCUT2D eigenvalue weighted by molar-refractivity contribution is 0.125. The van der Waals surface area contributed by atoms with Gasteiger partial charge >= 0.3 is 0 Å². The molecule has 9 rings (SSSR count). The molecule has 0 saturated carbocycles. The number of fused-ring (bicyclic) bond motifs is 4. The van der Waals surface area contributed by atoms with E-state index in [0.717, 1.165) is 61.0 Å². The Morgan fingerprint density at radius 1 is 0.417 bits per heavy atom. The number of aromatic nitrogens is 4. The third-order valence-corrected chi connectivity index (χ3v) is 14.3. The molecule has 0 amide bonds. The first-order valence-corrected chi connectivity index (χ1v) is 21.3. The molecule has 1 aliphatic carbocycles. The van der Waals surface area contributed by atoms with Gasteiger partial charge in [0.15, 0.2) is 17.5 Å². The van der Waals surface area contributed by atoms with Crippen LogP contribution in [0.4, 0.5) is 0 Å². The fraction of sp³-hybridized carbons (Fsp3) is 0.309. The molecule has 0 atom stereocenters. The molecule has 60 heavy (non-hydrogen) atoms. The number of rotatable bonds is 5. The average molecular weight is 789 g/mol. The quantitative estimate of drug-likeness (QED) is 0.174. The number of hydrogen-bond acceptors (Lipinski definition) is 5. The van der Waals surface area contributed by atoms with Crippen LogP contribution in [0.15, 0.2) is 126 Å². The zero-order valence-corrected chi connectivity index (χ0v) is 37.2. The molecule has 3 heterocycles. The number of furan rings is 1. The largest absolute Gasteiger partial charge is 0.456 e. The van der Waals surface area contributed by atoms with Gasteiger partial charge in [-0.2, -0.15) is 0 Å². The predicted molar refractivity (Wildman–Crippen MR) is 249 cm³/mol. The topological polar surface area (TPSA) is 64.7 Å². The molecule has 0 unspecified atom stereocenters. The summed E-state index contributed by atoms with van der Waals surface area (Å²) in [5, 5.41) is 2.11. The molecule has 5 aromatic carbocycles. The fourth-order valence-corrected chi connectivity index (χ4v) is 9.05. The summed E-state index contributed by atoms with van der Waals surface area (Å²) >= 11 is 0. The van der Waals surface area contributed by atoms with Crippen molar-refractivity contribution in [3.05, 3.63) is 144 Å². The van der Waals surface area contributed by atoms with E-state index in [2.05, 4.69) is 198 Å². The second kappa shape index (κ2) is 13.5. The number of hydrogen-bond donors (Lipinski definition) is 0. The van der Waals surface area contributed by atoms with Crippen molar-refractivity contribution in [2.45, 2.75) is 105 Å². The van der Waals surface area contributed by atoms with E-state index >= 15 is 0 Å². The molecule has 5 heteroatoms. The van der Waals surface area contributed by atoms with E-state index in [1.807, 2.05) is 6.20 Å². The fourth-order valence-electron chi connectivity index (χ4n) is 9.05. The summed E-state index contributed by atoms with van der Waals surface area (Å²) in [6.07, 6.45) is 1.98. The molecule has 8 aromatic rings. The number of pyridine rings is 1. The molecule has 0 bridgehead atoms. The van der Waals surface area contributed by atoms with E-state index < -0.39 is 0 Å². The molecule has 302 valence electrons. The van der Waals surface area contributed by atoms with Gasteiger partial charge in [-0.3, -0.25) is 4.98 Å². The Balaban J connectivity index is 1.05. The summed E-state index contributed by atoms with van der Waals surface area (Å²) in [7, 11) is 0. The molecule has 0 radical (unpaired) electrons. The Morgan fingerprint density at radius 2 is 0.850 bits per heavy atom. The van der Waals surface area contributed by atoms with E-state index in [4.69, 9.17) is 24.4 Å². The van der Waals surface area contributed by atoms with E-state index in [-0.39, 0.29) is 27.1 Å². The van der Waals surface area contributed by atoms with Crippen LogP contribution in [-0.2, 0) is 21.7 Å². The van der Waals surface area contributed by atoms with Crippen LogP contribution in [0.1, 0.15) is 105 Å². The van der Waals surface area contributed by atoms with Crippen LogP contribution in [-0.4, -0.2) is 19.9 Å². The number of benzene rings is 5. The van der Waals surface area contributed by atoms with Crippen LogP contribution in [0.2, 0.25) is 0 Å². The molecule has 3 aromatic heterocycles. The zero-order valence-electron chi connectivity index (χ0n) is 37.2. The molecule has 5 nitrogen and oxygen atoms in total. The lowest BCUT2D eigenvalue weighted by Crippen LogP contribution is -2.42. The van der Waals surface area contributed by atoms with Gasteiger partial charge in [-0.25, -0.2) is 15.0 Å².